The van der Waals surface area contributed by atoms with Crippen LogP contribution in [0.3, 0.4) is 0 Å². The van der Waals surface area contributed by atoms with Gasteiger partial charge in [0.1, 0.15) is 0 Å². The normalized spacial score (nSPS) is 11.1. The molecule has 0 aliphatic rings. The summed E-state index contributed by atoms with van der Waals surface area (Å²) in [6.45, 7) is 3.20. The van der Waals surface area contributed by atoms with E-state index in [2.05, 4.69) is 25.6 Å². The van der Waals surface area contributed by atoms with Gasteiger partial charge in [-0.3, -0.25) is 14.7 Å². The van der Waals surface area contributed by atoms with Crippen LogP contribution in [0.25, 0.3) is 16.4 Å². The van der Waals surface area contributed by atoms with Crippen molar-refractivity contribution in [3.05, 3.63) is 76.0 Å². The number of thiazole rings is 1. The first kappa shape index (κ1) is 19.5. The number of carbonyl (C=O) groups is 1. The van der Waals surface area contributed by atoms with Crippen molar-refractivity contribution in [1.82, 2.24) is 14.8 Å². The van der Waals surface area contributed by atoms with Crippen molar-refractivity contribution in [2.45, 2.75) is 13.8 Å². The van der Waals surface area contributed by atoms with Crippen LogP contribution in [0.2, 0.25) is 0 Å². The van der Waals surface area contributed by atoms with Crippen LogP contribution in [0.15, 0.2) is 75.0 Å². The molecule has 0 saturated heterocycles. The number of anilines is 1. The van der Waals surface area contributed by atoms with Crippen LogP contribution in [0.5, 0.6) is 0 Å². The van der Waals surface area contributed by atoms with E-state index in [1.165, 1.54) is 22.9 Å². The summed E-state index contributed by atoms with van der Waals surface area (Å²) in [5.74, 6) is -0.148. The molecular weight excluding hydrogens is 400 g/mol. The number of benzene rings is 2. The first-order valence-electron chi connectivity index (χ1n) is 9.13. The van der Waals surface area contributed by atoms with Crippen molar-refractivity contribution in [3.8, 4) is 16.4 Å². The van der Waals surface area contributed by atoms with Crippen LogP contribution in [-0.2, 0) is 4.79 Å². The minimum atomic E-state index is -0.319. The number of azo groups is 1. The van der Waals surface area contributed by atoms with Crippen molar-refractivity contribution >= 4 is 34.3 Å². The summed E-state index contributed by atoms with van der Waals surface area (Å²) in [5, 5.41) is 16.4. The lowest BCUT2D eigenvalue weighted by atomic mass is 10.2. The predicted octanol–water partition coefficient (Wildman–Crippen LogP) is 4.97. The molecule has 0 bridgehead atoms. The fraction of sp³-hybridized carbons (Fsp3) is 0.0952. The molecule has 2 heterocycles. The van der Waals surface area contributed by atoms with Gasteiger partial charge in [-0.1, -0.05) is 30.3 Å². The van der Waals surface area contributed by atoms with Crippen molar-refractivity contribution in [1.29, 1.82) is 0 Å². The number of amides is 1. The number of aromatic nitrogens is 3. The first-order chi connectivity index (χ1) is 14.5. The van der Waals surface area contributed by atoms with Gasteiger partial charge in [0.05, 0.1) is 17.1 Å². The minimum absolute atomic E-state index is 0.148. The summed E-state index contributed by atoms with van der Waals surface area (Å²) in [4.78, 5) is 28.5. The Kier molecular flexibility index (Phi) is 5.36. The largest absolute Gasteiger partial charge is 0.326 e. The van der Waals surface area contributed by atoms with Crippen LogP contribution in [0.4, 0.5) is 17.1 Å². The molecule has 0 unspecified atom stereocenters. The average Bonchev–Trinajstić information content (AvgIpc) is 3.33. The van der Waals surface area contributed by atoms with E-state index in [1.54, 1.807) is 31.2 Å². The van der Waals surface area contributed by atoms with E-state index in [4.69, 9.17) is 0 Å². The molecule has 4 rings (SSSR count). The second kappa shape index (κ2) is 8.26. The Morgan fingerprint density at radius 3 is 2.53 bits per heavy atom. The van der Waals surface area contributed by atoms with Crippen molar-refractivity contribution < 1.29 is 4.79 Å². The summed E-state index contributed by atoms with van der Waals surface area (Å²) in [6, 6.07) is 16.6. The fourth-order valence-electron chi connectivity index (χ4n) is 2.82. The Morgan fingerprint density at radius 1 is 1.10 bits per heavy atom. The highest BCUT2D eigenvalue weighted by atomic mass is 32.1. The van der Waals surface area contributed by atoms with Crippen molar-refractivity contribution in [3.63, 3.8) is 0 Å². The molecule has 0 fully saturated rings. The Balaban J connectivity index is 1.58. The molecule has 2 N–H and O–H groups in total. The average molecular weight is 418 g/mol. The van der Waals surface area contributed by atoms with Crippen LogP contribution in [-0.4, -0.2) is 20.7 Å². The van der Waals surface area contributed by atoms with Crippen LogP contribution < -0.4 is 10.9 Å². The third-order valence-electron chi connectivity index (χ3n) is 4.25. The zero-order chi connectivity index (χ0) is 21.1. The summed E-state index contributed by atoms with van der Waals surface area (Å²) < 4.78 is 1.38. The molecule has 9 heteroatoms. The zero-order valence-electron chi connectivity index (χ0n) is 16.3. The third-order valence-corrected chi connectivity index (χ3v) is 5.07. The highest BCUT2D eigenvalue weighted by Crippen LogP contribution is 2.25. The van der Waals surface area contributed by atoms with E-state index in [9.17, 15) is 9.59 Å². The Labute approximate surface area is 175 Å². The van der Waals surface area contributed by atoms with Gasteiger partial charge in [0, 0.05) is 23.6 Å². The molecule has 4 aromatic rings. The molecule has 0 aliphatic heterocycles. The number of H-pyrrole nitrogens is 1. The zero-order valence-corrected chi connectivity index (χ0v) is 17.1. The highest BCUT2D eigenvalue weighted by molar-refractivity contribution is 7.12. The summed E-state index contributed by atoms with van der Waals surface area (Å²) >= 11 is 1.37. The highest BCUT2D eigenvalue weighted by Gasteiger charge is 2.15. The van der Waals surface area contributed by atoms with Gasteiger partial charge in [-0.2, -0.15) is 9.80 Å². The van der Waals surface area contributed by atoms with E-state index in [1.807, 2.05) is 35.7 Å². The maximum absolute atomic E-state index is 12.8. The number of aromatic amines is 1. The monoisotopic (exact) mass is 418 g/mol. The number of nitrogens with one attached hydrogen (secondary N) is 2. The maximum atomic E-state index is 12.8. The molecule has 0 saturated carbocycles. The standard InChI is InChI=1S/C21H18N6O2S/c1-13-19(25-24-17-10-8-16(9-11-17)22-14(2)28)20(29)27(26-13)21-23-18(12-30-21)15-6-4-3-5-7-15/h3-12,26H,1-2H3,(H,22,28). The molecule has 1 amide bonds. The quantitative estimate of drug-likeness (QED) is 0.447. The number of nitrogens with zero attached hydrogens (tertiary/aromatic N) is 4. The minimum Gasteiger partial charge on any atom is -0.326 e. The molecule has 8 nitrogen and oxygen atoms in total. The van der Waals surface area contributed by atoms with Gasteiger partial charge in [0.15, 0.2) is 5.69 Å². The molecule has 30 heavy (non-hydrogen) atoms. The van der Waals surface area contributed by atoms with Gasteiger partial charge in [0.2, 0.25) is 11.0 Å². The number of hydrogen-bond acceptors (Lipinski definition) is 6. The lowest BCUT2D eigenvalue weighted by Crippen LogP contribution is -2.13. The first-order valence-corrected chi connectivity index (χ1v) is 10.0. The Hall–Kier alpha value is -3.85. The Morgan fingerprint density at radius 2 is 1.83 bits per heavy atom. The van der Waals surface area contributed by atoms with E-state index < -0.39 is 0 Å². The van der Waals surface area contributed by atoms with E-state index in [0.717, 1.165) is 11.3 Å². The van der Waals surface area contributed by atoms with E-state index in [-0.39, 0.29) is 17.2 Å². The molecule has 2 aromatic heterocycles. The SMILES string of the molecule is CC(=O)Nc1ccc(N=Nc2c(C)[nH]n(-c3nc(-c4ccccc4)cs3)c2=O)cc1. The molecule has 0 spiro atoms. The maximum Gasteiger partial charge on any atom is 0.301 e. The molecule has 0 aliphatic carbocycles. The van der Waals surface area contributed by atoms with Crippen LogP contribution >= 0.6 is 11.3 Å². The van der Waals surface area contributed by atoms with Gasteiger partial charge < -0.3 is 5.32 Å². The van der Waals surface area contributed by atoms with Gasteiger partial charge in [0.25, 0.3) is 0 Å². The predicted molar refractivity (Wildman–Crippen MR) is 117 cm³/mol. The topological polar surface area (TPSA) is 104 Å². The molecule has 0 atom stereocenters. The lowest BCUT2D eigenvalue weighted by molar-refractivity contribution is -0.114. The summed E-state index contributed by atoms with van der Waals surface area (Å²) in [6.07, 6.45) is 0. The van der Waals surface area contributed by atoms with E-state index >= 15 is 0 Å². The van der Waals surface area contributed by atoms with Gasteiger partial charge in [-0.25, -0.2) is 4.98 Å². The smallest absolute Gasteiger partial charge is 0.301 e. The molecule has 2 aromatic carbocycles. The second-order valence-corrected chi connectivity index (χ2v) is 7.37. The summed E-state index contributed by atoms with van der Waals surface area (Å²) in [5.41, 5.74) is 3.51. The van der Waals surface area contributed by atoms with Gasteiger partial charge in [-0.15, -0.1) is 16.5 Å². The number of aryl methyl sites for hydroxylation is 1. The Bertz CT molecular complexity index is 1270. The van der Waals surface area contributed by atoms with Crippen molar-refractivity contribution in [2.24, 2.45) is 10.2 Å². The third kappa shape index (κ3) is 4.11. The number of carbonyl (C=O) groups excluding carboxylic acids is 1. The number of rotatable bonds is 5. The van der Waals surface area contributed by atoms with Crippen LogP contribution in [0.1, 0.15) is 12.6 Å². The molecular formula is C21H18N6O2S. The van der Waals surface area contributed by atoms with Gasteiger partial charge in [-0.05, 0) is 31.2 Å². The number of hydrogen-bond donors (Lipinski definition) is 2. The fourth-order valence-corrected chi connectivity index (χ4v) is 3.61. The second-order valence-electron chi connectivity index (χ2n) is 6.54. The molecule has 150 valence electrons. The van der Waals surface area contributed by atoms with Crippen LogP contribution in [0, 0.1) is 6.92 Å². The molecule has 0 radical (unpaired) electrons. The van der Waals surface area contributed by atoms with Gasteiger partial charge >= 0.3 is 5.56 Å². The summed E-state index contributed by atoms with van der Waals surface area (Å²) in [7, 11) is 0. The lowest BCUT2D eigenvalue weighted by Gasteiger charge is -2.00. The van der Waals surface area contributed by atoms with Crippen molar-refractivity contribution in [2.75, 3.05) is 5.32 Å². The van der Waals surface area contributed by atoms with E-state index in [0.29, 0.717) is 22.2 Å².